The molecule has 1 amide bonds. The number of aliphatic hydroxyl groups is 1. The van der Waals surface area contributed by atoms with Crippen molar-refractivity contribution in [1.82, 2.24) is 4.98 Å². The van der Waals surface area contributed by atoms with Crippen LogP contribution in [0.4, 0.5) is 5.69 Å². The van der Waals surface area contributed by atoms with E-state index in [2.05, 4.69) is 11.9 Å². The molecule has 0 saturated carbocycles. The van der Waals surface area contributed by atoms with Gasteiger partial charge in [-0.1, -0.05) is 26.0 Å². The number of aromatic nitrogens is 1. The lowest BCUT2D eigenvalue weighted by atomic mass is 9.95. The van der Waals surface area contributed by atoms with Crippen molar-refractivity contribution in [2.24, 2.45) is 0 Å². The Morgan fingerprint density at radius 2 is 1.74 bits per heavy atom. The second kappa shape index (κ2) is 9.91. The Hall–Kier alpha value is -3.93. The van der Waals surface area contributed by atoms with Crippen LogP contribution in [-0.2, 0) is 16.0 Å². The fraction of sp³-hybridized carbons (Fsp3) is 0.250. The molecular weight excluding hydrogens is 428 g/mol. The predicted molar refractivity (Wildman–Crippen MR) is 132 cm³/mol. The van der Waals surface area contributed by atoms with Crippen molar-refractivity contribution >= 4 is 23.1 Å². The van der Waals surface area contributed by atoms with Crippen molar-refractivity contribution in [3.8, 4) is 5.75 Å². The molecule has 0 radical (unpaired) electrons. The molecule has 3 aromatic rings. The molecule has 2 aromatic carbocycles. The van der Waals surface area contributed by atoms with E-state index in [-0.39, 0.29) is 11.3 Å². The zero-order chi connectivity index (χ0) is 24.2. The van der Waals surface area contributed by atoms with Crippen LogP contribution in [0, 0.1) is 6.92 Å². The lowest BCUT2D eigenvalue weighted by Crippen LogP contribution is -2.29. The summed E-state index contributed by atoms with van der Waals surface area (Å²) in [6.45, 7) is 6.56. The van der Waals surface area contributed by atoms with Gasteiger partial charge in [-0.25, -0.2) is 0 Å². The Balaban J connectivity index is 1.84. The molecule has 34 heavy (non-hydrogen) atoms. The topological polar surface area (TPSA) is 79.7 Å². The molecule has 1 aliphatic heterocycles. The van der Waals surface area contributed by atoms with E-state index in [1.807, 2.05) is 38.1 Å². The van der Waals surface area contributed by atoms with Crippen LogP contribution in [0.15, 0.2) is 72.6 Å². The summed E-state index contributed by atoms with van der Waals surface area (Å²) in [7, 11) is 0. The molecule has 4 rings (SSSR count). The fourth-order valence-corrected chi connectivity index (χ4v) is 4.18. The predicted octanol–water partition coefficient (Wildman–Crippen LogP) is 5.37. The number of carbonyl (C=O) groups is 2. The van der Waals surface area contributed by atoms with Gasteiger partial charge in [0.15, 0.2) is 0 Å². The molecule has 1 N–H and O–H groups in total. The first-order valence-corrected chi connectivity index (χ1v) is 11.5. The van der Waals surface area contributed by atoms with E-state index in [0.29, 0.717) is 23.4 Å². The highest BCUT2D eigenvalue weighted by atomic mass is 16.5. The molecule has 1 fully saturated rings. The van der Waals surface area contributed by atoms with Gasteiger partial charge in [-0.3, -0.25) is 19.5 Å². The van der Waals surface area contributed by atoms with Crippen LogP contribution in [0.2, 0.25) is 0 Å². The van der Waals surface area contributed by atoms with Crippen LogP contribution in [0.25, 0.3) is 5.76 Å². The third kappa shape index (κ3) is 4.31. The zero-order valence-corrected chi connectivity index (χ0v) is 19.6. The average Bonchev–Trinajstić information content (AvgIpc) is 3.13. The van der Waals surface area contributed by atoms with Gasteiger partial charge in [0, 0.05) is 23.6 Å². The average molecular weight is 457 g/mol. The summed E-state index contributed by atoms with van der Waals surface area (Å²) in [4.78, 5) is 32.0. The van der Waals surface area contributed by atoms with Gasteiger partial charge in [-0.2, -0.15) is 0 Å². The summed E-state index contributed by atoms with van der Waals surface area (Å²) >= 11 is 0. The monoisotopic (exact) mass is 456 g/mol. The van der Waals surface area contributed by atoms with Crippen LogP contribution < -0.4 is 9.64 Å². The number of rotatable bonds is 7. The minimum atomic E-state index is -0.771. The molecule has 1 atom stereocenters. The lowest BCUT2D eigenvalue weighted by Gasteiger charge is -2.25. The molecule has 0 aliphatic carbocycles. The third-order valence-electron chi connectivity index (χ3n) is 6.00. The van der Waals surface area contributed by atoms with Crippen molar-refractivity contribution < 1.29 is 19.4 Å². The van der Waals surface area contributed by atoms with E-state index in [1.54, 1.807) is 42.7 Å². The number of ketones is 1. The van der Waals surface area contributed by atoms with Gasteiger partial charge in [0.2, 0.25) is 0 Å². The van der Waals surface area contributed by atoms with Crippen LogP contribution in [-0.4, -0.2) is 28.4 Å². The number of nitrogens with zero attached hydrogens (tertiary/aromatic N) is 2. The van der Waals surface area contributed by atoms with Gasteiger partial charge in [0.25, 0.3) is 11.7 Å². The Bertz CT molecular complexity index is 1230. The fourth-order valence-electron chi connectivity index (χ4n) is 4.18. The van der Waals surface area contributed by atoms with Gasteiger partial charge in [-0.15, -0.1) is 0 Å². The molecule has 0 spiro atoms. The maximum Gasteiger partial charge on any atom is 0.300 e. The second-order valence-corrected chi connectivity index (χ2v) is 8.30. The quantitative estimate of drug-likeness (QED) is 0.294. The summed E-state index contributed by atoms with van der Waals surface area (Å²) in [5.41, 5.74) is 3.76. The number of amides is 1. The van der Waals surface area contributed by atoms with E-state index < -0.39 is 17.7 Å². The second-order valence-electron chi connectivity index (χ2n) is 8.30. The number of benzene rings is 2. The first kappa shape index (κ1) is 23.2. The molecule has 6 heteroatoms. The van der Waals surface area contributed by atoms with E-state index in [0.717, 1.165) is 29.7 Å². The maximum absolute atomic E-state index is 13.3. The Morgan fingerprint density at radius 3 is 2.35 bits per heavy atom. The number of aliphatic hydroxyl groups excluding tert-OH is 1. The smallest absolute Gasteiger partial charge is 0.300 e. The number of hydrogen-bond donors (Lipinski definition) is 1. The van der Waals surface area contributed by atoms with Gasteiger partial charge < -0.3 is 9.84 Å². The van der Waals surface area contributed by atoms with E-state index >= 15 is 0 Å². The Morgan fingerprint density at radius 1 is 1.03 bits per heavy atom. The summed E-state index contributed by atoms with van der Waals surface area (Å²) in [5.74, 6) is -0.881. The first-order valence-electron chi connectivity index (χ1n) is 11.5. The number of ether oxygens (including phenoxy) is 1. The van der Waals surface area contributed by atoms with Crippen LogP contribution in [0.3, 0.4) is 0 Å². The van der Waals surface area contributed by atoms with Gasteiger partial charge in [0.1, 0.15) is 11.5 Å². The number of aryl methyl sites for hydroxylation is 2. The van der Waals surface area contributed by atoms with Crippen molar-refractivity contribution in [1.29, 1.82) is 0 Å². The summed E-state index contributed by atoms with van der Waals surface area (Å²) in [6, 6.07) is 15.5. The molecule has 6 nitrogen and oxygen atoms in total. The van der Waals surface area contributed by atoms with Crippen LogP contribution in [0.1, 0.15) is 48.6 Å². The number of Topliss-reactive ketones (excluding diaryl/α,β-unsaturated/α-hetero) is 1. The number of anilines is 1. The molecule has 1 aromatic heterocycles. The highest BCUT2D eigenvalue weighted by Gasteiger charge is 2.47. The highest BCUT2D eigenvalue weighted by Crippen LogP contribution is 2.42. The van der Waals surface area contributed by atoms with Crippen molar-refractivity contribution in [2.45, 2.75) is 39.7 Å². The molecule has 0 bridgehead atoms. The Labute approximate surface area is 199 Å². The maximum atomic E-state index is 13.3. The highest BCUT2D eigenvalue weighted by molar-refractivity contribution is 6.51. The first-order chi connectivity index (χ1) is 16.5. The number of pyridine rings is 1. The van der Waals surface area contributed by atoms with E-state index in [1.165, 1.54) is 4.90 Å². The molecule has 1 aliphatic rings. The van der Waals surface area contributed by atoms with E-state index in [4.69, 9.17) is 4.74 Å². The SMILES string of the molecule is CCCOc1ccc(/C(O)=C2/C(=O)C(=O)N(c3ccc(CC)cc3)C2c2ccncc2)cc1C. The lowest BCUT2D eigenvalue weighted by molar-refractivity contribution is -0.132. The Kier molecular flexibility index (Phi) is 6.77. The number of hydrogen-bond acceptors (Lipinski definition) is 5. The van der Waals surface area contributed by atoms with E-state index in [9.17, 15) is 14.7 Å². The van der Waals surface area contributed by atoms with Crippen molar-refractivity contribution in [3.05, 3.63) is 94.8 Å². The minimum Gasteiger partial charge on any atom is -0.507 e. The molecule has 174 valence electrons. The largest absolute Gasteiger partial charge is 0.507 e. The van der Waals surface area contributed by atoms with Gasteiger partial charge >= 0.3 is 0 Å². The van der Waals surface area contributed by atoms with Crippen molar-refractivity contribution in [3.63, 3.8) is 0 Å². The van der Waals surface area contributed by atoms with Crippen LogP contribution in [0.5, 0.6) is 5.75 Å². The molecule has 1 saturated heterocycles. The third-order valence-corrected chi connectivity index (χ3v) is 6.00. The summed E-state index contributed by atoms with van der Waals surface area (Å²) in [6.07, 6.45) is 4.97. The summed E-state index contributed by atoms with van der Waals surface area (Å²) in [5, 5.41) is 11.3. The van der Waals surface area contributed by atoms with Gasteiger partial charge in [0.05, 0.1) is 18.2 Å². The molecule has 1 unspecified atom stereocenters. The minimum absolute atomic E-state index is 0.0531. The van der Waals surface area contributed by atoms with Gasteiger partial charge in [-0.05, 0) is 78.9 Å². The zero-order valence-electron chi connectivity index (χ0n) is 19.6. The van der Waals surface area contributed by atoms with Crippen molar-refractivity contribution in [2.75, 3.05) is 11.5 Å². The summed E-state index contributed by atoms with van der Waals surface area (Å²) < 4.78 is 5.73. The normalized spacial score (nSPS) is 17.3. The molecule has 2 heterocycles. The number of carbonyl (C=O) groups excluding carboxylic acids is 2. The van der Waals surface area contributed by atoms with Crippen LogP contribution >= 0.6 is 0 Å². The standard InChI is InChI=1S/C28H28N2O4/c1-4-16-34-23-11-8-21(17-18(23)3)26(31)24-25(20-12-14-29-15-13-20)30(28(33)27(24)32)22-9-6-19(5-2)7-10-22/h6-15,17,25,31H,4-5,16H2,1-3H3/b26-24-. The molecular formula is C28H28N2O4.